The maximum absolute atomic E-state index is 12.7. The van der Waals surface area contributed by atoms with Crippen molar-refractivity contribution in [3.8, 4) is 16.3 Å². The molecule has 4 rings (SSSR count). The van der Waals surface area contributed by atoms with Crippen molar-refractivity contribution in [2.45, 2.75) is 20.5 Å². The molecule has 7 nitrogen and oxygen atoms in total. The lowest BCUT2D eigenvalue weighted by molar-refractivity contribution is -0.115. The summed E-state index contributed by atoms with van der Waals surface area (Å²) >= 11 is 2.59. The molecule has 0 fully saturated rings. The fraction of sp³-hybridized carbons (Fsp3) is 0.167. The Bertz CT molecular complexity index is 1280. The number of hydrogen-bond acceptors (Lipinski definition) is 8. The zero-order valence-corrected chi connectivity index (χ0v) is 19.9. The number of para-hydroxylation sites is 2. The number of anilines is 2. The van der Waals surface area contributed by atoms with Gasteiger partial charge in [-0.15, -0.1) is 22.7 Å². The van der Waals surface area contributed by atoms with Crippen LogP contribution < -0.4 is 9.64 Å². The van der Waals surface area contributed by atoms with Gasteiger partial charge >= 0.3 is 5.97 Å². The Balaban J connectivity index is 1.48. The van der Waals surface area contributed by atoms with Crippen molar-refractivity contribution in [1.29, 1.82) is 0 Å². The number of aryl methyl sites for hydroxylation is 1. The SMILES string of the molecule is COc1ccccc1N(C(C)=O)c1nc(COC(=O)c2sc(-c3ccccc3)nc2C)cs1. The summed E-state index contributed by atoms with van der Waals surface area (Å²) < 4.78 is 10.9. The van der Waals surface area contributed by atoms with Gasteiger partial charge in [0, 0.05) is 17.9 Å². The number of hydrogen-bond donors (Lipinski definition) is 0. The molecule has 0 bridgehead atoms. The Morgan fingerprint density at radius 3 is 2.48 bits per heavy atom. The fourth-order valence-electron chi connectivity index (χ4n) is 3.18. The average Bonchev–Trinajstić information content (AvgIpc) is 3.45. The van der Waals surface area contributed by atoms with Crippen molar-refractivity contribution in [3.63, 3.8) is 0 Å². The molecule has 0 unspecified atom stereocenters. The predicted molar refractivity (Wildman–Crippen MR) is 129 cm³/mol. The summed E-state index contributed by atoms with van der Waals surface area (Å²) in [5, 5.41) is 3.01. The molecule has 0 atom stereocenters. The predicted octanol–water partition coefficient (Wildman–Crippen LogP) is 5.63. The quantitative estimate of drug-likeness (QED) is 0.320. The second-order valence-corrected chi connectivity index (χ2v) is 8.86. The lowest BCUT2D eigenvalue weighted by atomic mass is 10.2. The summed E-state index contributed by atoms with van der Waals surface area (Å²) in [6.45, 7) is 3.24. The molecule has 4 aromatic rings. The molecule has 2 aromatic heterocycles. The molecule has 0 N–H and O–H groups in total. The first-order valence-corrected chi connectivity index (χ1v) is 11.8. The van der Waals surface area contributed by atoms with E-state index in [1.54, 1.807) is 31.5 Å². The molecule has 0 spiro atoms. The molecular weight excluding hydrogens is 458 g/mol. The van der Waals surface area contributed by atoms with Crippen molar-refractivity contribution in [1.82, 2.24) is 9.97 Å². The highest BCUT2D eigenvalue weighted by molar-refractivity contribution is 7.17. The molecule has 0 aliphatic rings. The van der Waals surface area contributed by atoms with Crippen LogP contribution in [0.3, 0.4) is 0 Å². The summed E-state index contributed by atoms with van der Waals surface area (Å²) in [6, 6.07) is 16.9. The van der Waals surface area contributed by atoms with Crippen LogP contribution in [0.25, 0.3) is 10.6 Å². The van der Waals surface area contributed by atoms with Crippen LogP contribution in [-0.2, 0) is 16.1 Å². The van der Waals surface area contributed by atoms with E-state index in [4.69, 9.17) is 9.47 Å². The van der Waals surface area contributed by atoms with Gasteiger partial charge in [0.1, 0.15) is 22.2 Å². The normalized spacial score (nSPS) is 10.6. The molecular formula is C24H21N3O4S2. The second kappa shape index (κ2) is 9.93. The summed E-state index contributed by atoms with van der Waals surface area (Å²) in [6.07, 6.45) is 0. The monoisotopic (exact) mass is 479 g/mol. The van der Waals surface area contributed by atoms with E-state index in [0.717, 1.165) is 10.6 Å². The molecule has 1 amide bonds. The fourth-order valence-corrected chi connectivity index (χ4v) is 5.01. The highest BCUT2D eigenvalue weighted by atomic mass is 32.1. The zero-order chi connectivity index (χ0) is 23.4. The third-order valence-electron chi connectivity index (χ3n) is 4.73. The van der Waals surface area contributed by atoms with E-state index < -0.39 is 5.97 Å². The summed E-state index contributed by atoms with van der Waals surface area (Å²) in [4.78, 5) is 36.0. The van der Waals surface area contributed by atoms with Crippen LogP contribution >= 0.6 is 22.7 Å². The first kappa shape index (κ1) is 22.6. The van der Waals surface area contributed by atoms with Gasteiger partial charge in [-0.1, -0.05) is 42.5 Å². The number of rotatable bonds is 7. The highest BCUT2D eigenvalue weighted by Crippen LogP contribution is 2.35. The Hall–Kier alpha value is -3.56. The molecule has 0 aliphatic carbocycles. The van der Waals surface area contributed by atoms with E-state index in [-0.39, 0.29) is 12.5 Å². The van der Waals surface area contributed by atoms with Crippen LogP contribution in [0.2, 0.25) is 0 Å². The van der Waals surface area contributed by atoms with E-state index >= 15 is 0 Å². The van der Waals surface area contributed by atoms with Crippen LogP contribution in [0, 0.1) is 6.92 Å². The van der Waals surface area contributed by atoms with E-state index in [9.17, 15) is 9.59 Å². The number of methoxy groups -OCH3 is 1. The van der Waals surface area contributed by atoms with Crippen LogP contribution in [0.15, 0.2) is 60.0 Å². The number of benzene rings is 2. The minimum Gasteiger partial charge on any atom is -0.495 e. The molecule has 0 saturated carbocycles. The van der Waals surface area contributed by atoms with Crippen molar-refractivity contribution >= 4 is 45.4 Å². The Labute approximate surface area is 199 Å². The summed E-state index contributed by atoms with van der Waals surface area (Å²) in [7, 11) is 1.55. The number of nitrogens with zero attached hydrogens (tertiary/aromatic N) is 3. The van der Waals surface area contributed by atoms with Crippen molar-refractivity contribution < 1.29 is 19.1 Å². The Morgan fingerprint density at radius 2 is 1.76 bits per heavy atom. The van der Waals surface area contributed by atoms with Crippen LogP contribution in [0.1, 0.15) is 28.0 Å². The van der Waals surface area contributed by atoms with Gasteiger partial charge in [0.15, 0.2) is 5.13 Å². The zero-order valence-electron chi connectivity index (χ0n) is 18.3. The van der Waals surface area contributed by atoms with Crippen LogP contribution in [0.4, 0.5) is 10.8 Å². The molecule has 0 aliphatic heterocycles. The summed E-state index contributed by atoms with van der Waals surface area (Å²) in [5.74, 6) is -0.0910. The molecule has 168 valence electrons. The molecule has 2 aromatic carbocycles. The average molecular weight is 480 g/mol. The number of ether oxygens (including phenoxy) is 2. The summed E-state index contributed by atoms with van der Waals surface area (Å²) in [5.41, 5.74) is 2.73. The lowest BCUT2D eigenvalue weighted by Crippen LogP contribution is -2.23. The topological polar surface area (TPSA) is 81.6 Å². The number of amides is 1. The maximum Gasteiger partial charge on any atom is 0.350 e. The van der Waals surface area contributed by atoms with Gasteiger partial charge in [-0.3, -0.25) is 9.69 Å². The van der Waals surface area contributed by atoms with Gasteiger partial charge in [0.2, 0.25) is 5.91 Å². The van der Waals surface area contributed by atoms with Gasteiger partial charge in [0.05, 0.1) is 24.2 Å². The highest BCUT2D eigenvalue weighted by Gasteiger charge is 2.22. The Morgan fingerprint density at radius 1 is 1.03 bits per heavy atom. The van der Waals surface area contributed by atoms with E-state index in [1.807, 2.05) is 42.5 Å². The number of carbonyl (C=O) groups excluding carboxylic acids is 2. The molecule has 0 saturated heterocycles. The first-order valence-electron chi connectivity index (χ1n) is 10.1. The van der Waals surface area contributed by atoms with Gasteiger partial charge in [-0.25, -0.2) is 14.8 Å². The van der Waals surface area contributed by atoms with Crippen molar-refractivity contribution in [2.24, 2.45) is 0 Å². The van der Waals surface area contributed by atoms with Gasteiger partial charge < -0.3 is 9.47 Å². The second-order valence-electron chi connectivity index (χ2n) is 7.02. The molecule has 0 radical (unpaired) electrons. The third kappa shape index (κ3) is 4.94. The number of carbonyl (C=O) groups is 2. The van der Waals surface area contributed by atoms with Crippen LogP contribution in [0.5, 0.6) is 5.75 Å². The van der Waals surface area contributed by atoms with E-state index in [2.05, 4.69) is 9.97 Å². The van der Waals surface area contributed by atoms with E-state index in [1.165, 1.54) is 34.5 Å². The largest absolute Gasteiger partial charge is 0.495 e. The van der Waals surface area contributed by atoms with Crippen molar-refractivity contribution in [3.05, 3.63) is 76.2 Å². The molecule has 33 heavy (non-hydrogen) atoms. The minimum absolute atomic E-state index is 0.00892. The molecule has 9 heteroatoms. The van der Waals surface area contributed by atoms with Crippen molar-refractivity contribution in [2.75, 3.05) is 12.0 Å². The number of thiazole rings is 2. The van der Waals surface area contributed by atoms with Gasteiger partial charge in [0.25, 0.3) is 0 Å². The standard InChI is InChI=1S/C24H21N3O4S2/c1-15-21(33-22(25-15)17-9-5-4-6-10-17)23(29)31-13-18-14-32-24(26-18)27(16(2)28)19-11-7-8-12-20(19)30-3/h4-12,14H,13H2,1-3H3. The smallest absolute Gasteiger partial charge is 0.350 e. The molecule has 2 heterocycles. The lowest BCUT2D eigenvalue weighted by Gasteiger charge is -2.20. The van der Waals surface area contributed by atoms with Crippen LogP contribution in [-0.4, -0.2) is 29.0 Å². The minimum atomic E-state index is -0.449. The number of esters is 1. The third-order valence-corrected chi connectivity index (χ3v) is 6.79. The van der Waals surface area contributed by atoms with Gasteiger partial charge in [-0.2, -0.15) is 0 Å². The number of aromatic nitrogens is 2. The van der Waals surface area contributed by atoms with Gasteiger partial charge in [-0.05, 0) is 19.1 Å². The Kier molecular flexibility index (Phi) is 6.81. The maximum atomic E-state index is 12.7. The van der Waals surface area contributed by atoms with E-state index in [0.29, 0.717) is 32.8 Å². The first-order chi connectivity index (χ1) is 16.0.